The monoisotopic (exact) mass is 411 g/mol. The second kappa shape index (κ2) is 8.22. The summed E-state index contributed by atoms with van der Waals surface area (Å²) in [5, 5.41) is 9.05. The van der Waals surface area contributed by atoms with Gasteiger partial charge in [0.1, 0.15) is 11.5 Å². The maximum absolute atomic E-state index is 12.5. The lowest BCUT2D eigenvalue weighted by atomic mass is 10.1. The maximum atomic E-state index is 12.5. The number of hydrogen-bond donors (Lipinski definition) is 0. The van der Waals surface area contributed by atoms with Crippen LogP contribution in [0.1, 0.15) is 5.56 Å². The molecule has 0 spiro atoms. The Morgan fingerprint density at radius 2 is 1.61 bits per heavy atom. The summed E-state index contributed by atoms with van der Waals surface area (Å²) in [6, 6.07) is 11.3. The van der Waals surface area contributed by atoms with E-state index in [2.05, 4.69) is 0 Å². The van der Waals surface area contributed by atoms with E-state index in [1.54, 1.807) is 6.07 Å². The van der Waals surface area contributed by atoms with Crippen LogP contribution < -0.4 is 4.74 Å². The van der Waals surface area contributed by atoms with Gasteiger partial charge < -0.3 is 4.74 Å². The molecule has 0 bridgehead atoms. The van der Waals surface area contributed by atoms with Gasteiger partial charge in [0, 0.05) is 0 Å². The summed E-state index contributed by atoms with van der Waals surface area (Å²) in [4.78, 5) is 24.0. The first-order valence-corrected chi connectivity index (χ1v) is 9.29. The molecule has 0 aromatic heterocycles. The molecular formula is C18H12F3NO5S. The van der Waals surface area contributed by atoms with Gasteiger partial charge in [-0.3, -0.25) is 4.79 Å². The van der Waals surface area contributed by atoms with Gasteiger partial charge in [0.15, 0.2) is 15.6 Å². The van der Waals surface area contributed by atoms with Crippen LogP contribution in [0.3, 0.4) is 0 Å². The number of hydrogen-bond acceptors (Lipinski definition) is 6. The van der Waals surface area contributed by atoms with Crippen molar-refractivity contribution in [1.29, 1.82) is 5.26 Å². The van der Waals surface area contributed by atoms with Crippen LogP contribution in [0.15, 0.2) is 59.5 Å². The van der Waals surface area contributed by atoms with Crippen molar-refractivity contribution in [2.24, 2.45) is 5.92 Å². The van der Waals surface area contributed by atoms with Crippen LogP contribution in [0.2, 0.25) is 0 Å². The van der Waals surface area contributed by atoms with Gasteiger partial charge in [-0.05, 0) is 36.4 Å². The van der Waals surface area contributed by atoms with Crippen LogP contribution in [0.4, 0.5) is 13.2 Å². The van der Waals surface area contributed by atoms with Gasteiger partial charge in [-0.25, -0.2) is 13.2 Å². The molecule has 0 N–H and O–H groups in total. The number of benzene rings is 2. The lowest BCUT2D eigenvalue weighted by molar-refractivity contribution is -0.140. The van der Waals surface area contributed by atoms with Gasteiger partial charge in [-0.2, -0.15) is 18.4 Å². The minimum atomic E-state index is -4.58. The van der Waals surface area contributed by atoms with Crippen LogP contribution in [-0.4, -0.2) is 25.9 Å². The number of Topliss-reactive ketones (excluding diaryl/α,β-unsaturated/α-hetero) is 1. The van der Waals surface area contributed by atoms with Gasteiger partial charge in [-0.15, -0.1) is 0 Å². The molecule has 0 heterocycles. The molecule has 0 saturated carbocycles. The minimum absolute atomic E-state index is 0.156. The fourth-order valence-electron chi connectivity index (χ4n) is 2.12. The molecule has 1 unspecified atom stereocenters. The van der Waals surface area contributed by atoms with E-state index in [-0.39, 0.29) is 10.6 Å². The molecule has 0 amide bonds. The third-order valence-corrected chi connectivity index (χ3v) is 5.18. The van der Waals surface area contributed by atoms with E-state index in [0.29, 0.717) is 12.1 Å². The van der Waals surface area contributed by atoms with E-state index < -0.39 is 45.0 Å². The zero-order chi connectivity index (χ0) is 20.9. The molecule has 6 nitrogen and oxygen atoms in total. The zero-order valence-corrected chi connectivity index (χ0v) is 14.8. The highest BCUT2D eigenvalue weighted by Crippen LogP contribution is 2.30. The molecule has 0 aliphatic heterocycles. The number of nitrogens with zero attached hydrogens (tertiary/aromatic N) is 1. The molecule has 0 fully saturated rings. The van der Waals surface area contributed by atoms with Crippen molar-refractivity contribution in [3.8, 4) is 11.8 Å². The Kier molecular flexibility index (Phi) is 6.20. The van der Waals surface area contributed by atoms with E-state index in [1.165, 1.54) is 30.3 Å². The fourth-order valence-corrected chi connectivity index (χ4v) is 3.40. The molecule has 10 heteroatoms. The summed E-state index contributed by atoms with van der Waals surface area (Å²) >= 11 is 0. The SMILES string of the molecule is N#CC(C(=O)CS(=O)(=O)c1ccccc1)C(=O)Oc1ccc(C(F)(F)F)cc1. The Labute approximate surface area is 158 Å². The molecule has 2 rings (SSSR count). The second-order valence-corrected chi connectivity index (χ2v) is 7.53. The van der Waals surface area contributed by atoms with Crippen LogP contribution in [-0.2, 0) is 25.6 Å². The van der Waals surface area contributed by atoms with Crippen molar-refractivity contribution in [1.82, 2.24) is 0 Å². The van der Waals surface area contributed by atoms with E-state index in [9.17, 15) is 31.2 Å². The molecule has 28 heavy (non-hydrogen) atoms. The van der Waals surface area contributed by atoms with Gasteiger partial charge in [0.2, 0.25) is 5.92 Å². The third kappa shape index (κ3) is 5.17. The fraction of sp³-hybridized carbons (Fsp3) is 0.167. The number of nitriles is 1. The molecular weight excluding hydrogens is 399 g/mol. The topological polar surface area (TPSA) is 101 Å². The first-order chi connectivity index (χ1) is 13.0. The summed E-state index contributed by atoms with van der Waals surface area (Å²) in [7, 11) is -4.08. The number of alkyl halides is 3. The summed E-state index contributed by atoms with van der Waals surface area (Å²) in [6.45, 7) is 0. The van der Waals surface area contributed by atoms with E-state index in [0.717, 1.165) is 12.1 Å². The van der Waals surface area contributed by atoms with Gasteiger partial charge in [0.05, 0.1) is 16.5 Å². The third-order valence-electron chi connectivity index (χ3n) is 3.52. The number of ether oxygens (including phenoxy) is 1. The number of sulfone groups is 1. The summed E-state index contributed by atoms with van der Waals surface area (Å²) < 4.78 is 66.7. The van der Waals surface area contributed by atoms with Crippen LogP contribution in [0.5, 0.6) is 5.75 Å². The smallest absolute Gasteiger partial charge is 0.416 e. The highest BCUT2D eigenvalue weighted by atomic mass is 32.2. The average molecular weight is 411 g/mol. The van der Waals surface area contributed by atoms with Gasteiger partial charge >= 0.3 is 12.1 Å². The Bertz CT molecular complexity index is 1010. The Morgan fingerprint density at radius 1 is 1.04 bits per heavy atom. The Morgan fingerprint density at radius 3 is 2.11 bits per heavy atom. The molecule has 146 valence electrons. The van der Waals surface area contributed by atoms with E-state index in [4.69, 9.17) is 10.00 Å². The van der Waals surface area contributed by atoms with Crippen molar-refractivity contribution < 1.29 is 35.9 Å². The summed E-state index contributed by atoms with van der Waals surface area (Å²) in [5.41, 5.74) is -0.978. The van der Waals surface area contributed by atoms with E-state index >= 15 is 0 Å². The van der Waals surface area contributed by atoms with Crippen LogP contribution >= 0.6 is 0 Å². The number of ketones is 1. The average Bonchev–Trinajstić information content (AvgIpc) is 2.62. The highest BCUT2D eigenvalue weighted by Gasteiger charge is 2.33. The molecule has 0 aliphatic rings. The Hall–Kier alpha value is -3.19. The first-order valence-electron chi connectivity index (χ1n) is 7.63. The van der Waals surface area contributed by atoms with Crippen molar-refractivity contribution >= 4 is 21.6 Å². The predicted molar refractivity (Wildman–Crippen MR) is 89.7 cm³/mol. The molecule has 2 aromatic rings. The molecule has 1 atom stereocenters. The maximum Gasteiger partial charge on any atom is 0.416 e. The van der Waals surface area contributed by atoms with E-state index in [1.807, 2.05) is 0 Å². The van der Waals surface area contributed by atoms with Crippen LogP contribution in [0.25, 0.3) is 0 Å². The van der Waals surface area contributed by atoms with Crippen LogP contribution in [0, 0.1) is 17.2 Å². The quantitative estimate of drug-likeness (QED) is 0.412. The number of halogens is 3. The summed E-state index contributed by atoms with van der Waals surface area (Å²) in [6.07, 6.45) is -4.58. The number of carbonyl (C=O) groups excluding carboxylic acids is 2. The lowest BCUT2D eigenvalue weighted by Crippen LogP contribution is -2.31. The van der Waals surface area contributed by atoms with Crippen molar-refractivity contribution in [3.63, 3.8) is 0 Å². The zero-order valence-electron chi connectivity index (χ0n) is 14.0. The number of carbonyl (C=O) groups is 2. The van der Waals surface area contributed by atoms with Crippen molar-refractivity contribution in [3.05, 3.63) is 60.2 Å². The Balaban J connectivity index is 2.11. The minimum Gasteiger partial charge on any atom is -0.425 e. The highest BCUT2D eigenvalue weighted by molar-refractivity contribution is 7.92. The molecule has 2 aromatic carbocycles. The van der Waals surface area contributed by atoms with Gasteiger partial charge in [-0.1, -0.05) is 18.2 Å². The number of esters is 1. The molecule has 0 aliphatic carbocycles. The standard InChI is InChI=1S/C18H12F3NO5S/c19-18(20,21)12-6-8-13(9-7-12)27-17(24)15(10-22)16(23)11-28(25,26)14-4-2-1-3-5-14/h1-9,15H,11H2. The molecule has 0 radical (unpaired) electrons. The number of rotatable bonds is 6. The largest absolute Gasteiger partial charge is 0.425 e. The molecule has 0 saturated heterocycles. The normalized spacial score (nSPS) is 12.6. The van der Waals surface area contributed by atoms with Crippen molar-refractivity contribution in [2.45, 2.75) is 11.1 Å². The lowest BCUT2D eigenvalue weighted by Gasteiger charge is -2.10. The predicted octanol–water partition coefficient (Wildman–Crippen LogP) is 2.79. The first kappa shape index (κ1) is 21.1. The second-order valence-electron chi connectivity index (χ2n) is 5.54. The van der Waals surface area contributed by atoms with Crippen molar-refractivity contribution in [2.75, 3.05) is 5.75 Å². The summed E-state index contributed by atoms with van der Waals surface area (Å²) in [5.74, 6) is -6.05. The van der Waals surface area contributed by atoms with Gasteiger partial charge in [0.25, 0.3) is 0 Å².